The first-order valence-corrected chi connectivity index (χ1v) is 9.00. The summed E-state index contributed by atoms with van der Waals surface area (Å²) in [5.74, 6) is -0.482. The van der Waals surface area contributed by atoms with Crippen LogP contribution in [0.1, 0.15) is 31.0 Å². The number of benzene rings is 1. The summed E-state index contributed by atoms with van der Waals surface area (Å²) < 4.78 is 0. The summed E-state index contributed by atoms with van der Waals surface area (Å²) in [6, 6.07) is 14.6. The number of anilines is 1. The summed E-state index contributed by atoms with van der Waals surface area (Å²) in [6.07, 6.45) is 1.88. The average Bonchev–Trinajstić information content (AvgIpc) is 2.90. The second-order valence-corrected chi connectivity index (χ2v) is 6.92. The van der Waals surface area contributed by atoms with Crippen molar-refractivity contribution in [1.29, 1.82) is 5.26 Å². The minimum absolute atomic E-state index is 0.114. The number of carbonyl (C=O) groups excluding carboxylic acids is 2. The molecule has 1 aliphatic rings. The molecule has 3 rings (SSSR count). The highest BCUT2D eigenvalue weighted by molar-refractivity contribution is 8.00. The Hall–Kier alpha value is -2.65. The Balaban J connectivity index is 1.85. The maximum atomic E-state index is 12.7. The van der Waals surface area contributed by atoms with Gasteiger partial charge in [-0.3, -0.25) is 9.59 Å². The molecule has 2 aromatic rings. The number of hydrogen-bond donors (Lipinski definition) is 0. The van der Waals surface area contributed by atoms with Gasteiger partial charge in [0.1, 0.15) is 11.1 Å². The smallest absolute Gasteiger partial charge is 0.247 e. The number of thioether (sulfide) groups is 1. The van der Waals surface area contributed by atoms with E-state index in [1.807, 2.05) is 12.1 Å². The zero-order valence-electron chi connectivity index (χ0n) is 13.8. The fraction of sp³-hybridized carbons (Fsp3) is 0.263. The molecule has 0 N–H and O–H groups in total. The molecule has 0 aliphatic carbocycles. The van der Waals surface area contributed by atoms with Crippen LogP contribution in [0.3, 0.4) is 0 Å². The maximum absolute atomic E-state index is 12.7. The number of carbonyl (C=O) groups is 2. The minimum Gasteiger partial charge on any atom is -0.274 e. The number of aryl methyl sites for hydroxylation is 1. The monoisotopic (exact) mass is 351 g/mol. The van der Waals surface area contributed by atoms with Crippen LogP contribution in [0.4, 0.5) is 5.69 Å². The molecule has 1 aliphatic heterocycles. The van der Waals surface area contributed by atoms with Gasteiger partial charge in [-0.15, -0.1) is 0 Å². The normalized spacial score (nSPS) is 17.0. The van der Waals surface area contributed by atoms with E-state index >= 15 is 0 Å². The molecule has 1 fully saturated rings. The molecule has 2 amide bonds. The number of amides is 2. The zero-order chi connectivity index (χ0) is 17.8. The highest BCUT2D eigenvalue weighted by atomic mass is 32.2. The van der Waals surface area contributed by atoms with E-state index < -0.39 is 5.25 Å². The van der Waals surface area contributed by atoms with Crippen molar-refractivity contribution in [2.24, 2.45) is 0 Å². The van der Waals surface area contributed by atoms with Crippen molar-refractivity contribution in [3.8, 4) is 6.07 Å². The average molecular weight is 351 g/mol. The molecule has 0 radical (unpaired) electrons. The number of hydrogen-bond acceptors (Lipinski definition) is 5. The van der Waals surface area contributed by atoms with Gasteiger partial charge in [-0.2, -0.15) is 5.26 Å². The van der Waals surface area contributed by atoms with Crippen molar-refractivity contribution < 1.29 is 9.59 Å². The number of pyridine rings is 1. The molecule has 1 unspecified atom stereocenters. The van der Waals surface area contributed by atoms with Gasteiger partial charge in [-0.1, -0.05) is 43.3 Å². The Morgan fingerprint density at radius 3 is 2.68 bits per heavy atom. The van der Waals surface area contributed by atoms with E-state index in [4.69, 9.17) is 0 Å². The molecule has 25 heavy (non-hydrogen) atoms. The number of imide groups is 1. The number of rotatable bonds is 5. The first-order valence-electron chi connectivity index (χ1n) is 8.12. The van der Waals surface area contributed by atoms with Gasteiger partial charge in [0.2, 0.25) is 11.8 Å². The van der Waals surface area contributed by atoms with E-state index in [9.17, 15) is 14.9 Å². The lowest BCUT2D eigenvalue weighted by atomic mass is 10.2. The molecule has 126 valence electrons. The van der Waals surface area contributed by atoms with Crippen LogP contribution in [0.25, 0.3) is 0 Å². The van der Waals surface area contributed by atoms with Gasteiger partial charge in [-0.25, -0.2) is 9.88 Å². The van der Waals surface area contributed by atoms with Crippen LogP contribution in [0, 0.1) is 11.3 Å². The molecule has 6 heteroatoms. The summed E-state index contributed by atoms with van der Waals surface area (Å²) in [4.78, 5) is 30.8. The Morgan fingerprint density at radius 1 is 1.24 bits per heavy atom. The van der Waals surface area contributed by atoms with Crippen molar-refractivity contribution in [1.82, 2.24) is 4.98 Å². The minimum atomic E-state index is -0.552. The topological polar surface area (TPSA) is 74.1 Å². The first-order chi connectivity index (χ1) is 12.1. The summed E-state index contributed by atoms with van der Waals surface area (Å²) in [6.45, 7) is 2.06. The Kier molecular flexibility index (Phi) is 5.15. The SMILES string of the molecule is CCCc1ccc(C#N)c(SC2CC(=O)N(c3ccccc3)C2=O)n1. The number of nitrogens with zero attached hydrogens (tertiary/aromatic N) is 3. The first kappa shape index (κ1) is 17.2. The van der Waals surface area contributed by atoms with Crippen molar-refractivity contribution in [2.45, 2.75) is 36.5 Å². The molecule has 1 saturated heterocycles. The molecule has 5 nitrogen and oxygen atoms in total. The third-order valence-electron chi connectivity index (χ3n) is 3.92. The predicted octanol–water partition coefficient (Wildman–Crippen LogP) is 3.33. The van der Waals surface area contributed by atoms with Crippen LogP contribution in [0.15, 0.2) is 47.5 Å². The molecular weight excluding hydrogens is 334 g/mol. The van der Waals surface area contributed by atoms with Crippen LogP contribution in [0.5, 0.6) is 0 Å². The maximum Gasteiger partial charge on any atom is 0.247 e. The molecule has 2 heterocycles. The quantitative estimate of drug-likeness (QED) is 0.773. The number of para-hydroxylation sites is 1. The molecule has 1 aromatic heterocycles. The van der Waals surface area contributed by atoms with Crippen LogP contribution in [0.2, 0.25) is 0 Å². The second-order valence-electron chi connectivity index (χ2n) is 5.73. The zero-order valence-corrected chi connectivity index (χ0v) is 14.6. The lowest BCUT2D eigenvalue weighted by Gasteiger charge is -2.14. The van der Waals surface area contributed by atoms with Gasteiger partial charge in [0.15, 0.2) is 0 Å². The van der Waals surface area contributed by atoms with E-state index in [1.54, 1.807) is 30.3 Å². The highest BCUT2D eigenvalue weighted by Gasteiger charge is 2.40. The lowest BCUT2D eigenvalue weighted by molar-refractivity contribution is -0.121. The van der Waals surface area contributed by atoms with Crippen molar-refractivity contribution in [3.63, 3.8) is 0 Å². The molecular formula is C19H17N3O2S. The standard InChI is InChI=1S/C19H17N3O2S/c1-2-6-14-10-9-13(12-20)18(21-14)25-16-11-17(23)22(19(16)24)15-7-4-3-5-8-15/h3-5,7-10,16H,2,6,11H2,1H3. The van der Waals surface area contributed by atoms with E-state index in [0.29, 0.717) is 16.3 Å². The van der Waals surface area contributed by atoms with Crippen molar-refractivity contribution >= 4 is 29.3 Å². The second kappa shape index (κ2) is 7.49. The number of nitriles is 1. The summed E-state index contributed by atoms with van der Waals surface area (Å²) in [5.41, 5.74) is 1.90. The van der Waals surface area contributed by atoms with Gasteiger partial charge in [-0.05, 0) is 30.7 Å². The van der Waals surface area contributed by atoms with E-state index in [1.165, 1.54) is 16.7 Å². The van der Waals surface area contributed by atoms with Crippen LogP contribution >= 0.6 is 11.8 Å². The number of aromatic nitrogens is 1. The molecule has 0 spiro atoms. The van der Waals surface area contributed by atoms with Gasteiger partial charge in [0, 0.05) is 12.1 Å². The predicted molar refractivity (Wildman–Crippen MR) is 96.1 cm³/mol. The molecule has 1 atom stereocenters. The van der Waals surface area contributed by atoms with Crippen LogP contribution < -0.4 is 4.90 Å². The van der Waals surface area contributed by atoms with Gasteiger partial charge in [0.05, 0.1) is 16.5 Å². The van der Waals surface area contributed by atoms with Crippen molar-refractivity contribution in [2.75, 3.05) is 4.90 Å². The van der Waals surface area contributed by atoms with E-state index in [-0.39, 0.29) is 18.2 Å². The van der Waals surface area contributed by atoms with E-state index in [0.717, 1.165) is 18.5 Å². The van der Waals surface area contributed by atoms with E-state index in [2.05, 4.69) is 18.0 Å². The summed E-state index contributed by atoms with van der Waals surface area (Å²) in [5, 5.41) is 9.27. The largest absolute Gasteiger partial charge is 0.274 e. The third kappa shape index (κ3) is 3.57. The Bertz CT molecular complexity index is 845. The molecule has 0 saturated carbocycles. The van der Waals surface area contributed by atoms with Gasteiger partial charge >= 0.3 is 0 Å². The lowest BCUT2D eigenvalue weighted by Crippen LogP contribution is -2.31. The Morgan fingerprint density at radius 2 is 2.00 bits per heavy atom. The van der Waals surface area contributed by atoms with Gasteiger partial charge < -0.3 is 0 Å². The summed E-state index contributed by atoms with van der Waals surface area (Å²) >= 11 is 1.21. The van der Waals surface area contributed by atoms with Crippen LogP contribution in [-0.2, 0) is 16.0 Å². The van der Waals surface area contributed by atoms with Gasteiger partial charge in [0.25, 0.3) is 0 Å². The molecule has 0 bridgehead atoms. The van der Waals surface area contributed by atoms with Crippen LogP contribution in [-0.4, -0.2) is 22.0 Å². The molecule has 1 aromatic carbocycles. The Labute approximate surface area is 150 Å². The highest BCUT2D eigenvalue weighted by Crippen LogP contribution is 2.34. The fourth-order valence-corrected chi connectivity index (χ4v) is 3.84. The fourth-order valence-electron chi connectivity index (χ4n) is 2.73. The third-order valence-corrected chi connectivity index (χ3v) is 5.11. The van der Waals surface area contributed by atoms with Crippen molar-refractivity contribution in [3.05, 3.63) is 53.7 Å². The summed E-state index contributed by atoms with van der Waals surface area (Å²) in [7, 11) is 0.